The Morgan fingerprint density at radius 2 is 1.25 bits per heavy atom. The van der Waals surface area contributed by atoms with E-state index >= 15 is 0 Å². The van der Waals surface area contributed by atoms with Crippen LogP contribution in [0.15, 0.2) is 0 Å². The molecule has 0 fully saturated rings. The largest absolute Gasteiger partial charge is 0.302 e. The fourth-order valence-corrected chi connectivity index (χ4v) is 3.25. The molecule has 0 aliphatic rings. The summed E-state index contributed by atoms with van der Waals surface area (Å²) in [7, 11) is 0. The van der Waals surface area contributed by atoms with Crippen LogP contribution in [0.1, 0.15) is 79.1 Å². The molecule has 0 spiro atoms. The van der Waals surface area contributed by atoms with Crippen molar-refractivity contribution in [3.8, 4) is 0 Å². The molecule has 0 bridgehead atoms. The number of hydrogen-bond acceptors (Lipinski definition) is 2. The van der Waals surface area contributed by atoms with E-state index in [4.69, 9.17) is 0 Å². The van der Waals surface area contributed by atoms with Crippen LogP contribution in [-0.4, -0.2) is 30.3 Å². The van der Waals surface area contributed by atoms with Gasteiger partial charge in [-0.2, -0.15) is 12.6 Å². The Labute approximate surface area is 134 Å². The Hall–Kier alpha value is 0.310. The number of rotatable bonds is 14. The molecule has 0 N–H and O–H groups in total. The summed E-state index contributed by atoms with van der Waals surface area (Å²) >= 11 is 4.46. The molecule has 1 nitrogen and oxygen atoms in total. The minimum Gasteiger partial charge on any atom is -0.302 e. The van der Waals surface area contributed by atoms with Crippen molar-refractivity contribution in [1.29, 1.82) is 0 Å². The van der Waals surface area contributed by atoms with Gasteiger partial charge in [-0.3, -0.25) is 0 Å². The molecule has 0 aliphatic heterocycles. The van der Waals surface area contributed by atoms with Crippen LogP contribution in [0, 0.1) is 11.8 Å². The van der Waals surface area contributed by atoms with Gasteiger partial charge in [0.1, 0.15) is 0 Å². The van der Waals surface area contributed by atoms with Crippen LogP contribution in [0.4, 0.5) is 0 Å². The molecule has 0 rings (SSSR count). The van der Waals surface area contributed by atoms with Crippen molar-refractivity contribution in [3.63, 3.8) is 0 Å². The Bertz CT molecular complexity index is 178. The van der Waals surface area contributed by atoms with Gasteiger partial charge in [0.15, 0.2) is 0 Å². The zero-order valence-corrected chi connectivity index (χ0v) is 15.4. The van der Waals surface area contributed by atoms with Crippen molar-refractivity contribution in [1.82, 2.24) is 4.90 Å². The lowest BCUT2D eigenvalue weighted by molar-refractivity contribution is 0.190. The smallest absolute Gasteiger partial charge is 0.00701 e. The predicted molar refractivity (Wildman–Crippen MR) is 96.9 cm³/mol. The molecular formula is C18H39NS. The predicted octanol–water partition coefficient (Wildman–Crippen LogP) is 5.65. The molecule has 0 radical (unpaired) electrons. The zero-order chi connectivity index (χ0) is 15.2. The molecule has 0 aromatic carbocycles. The molecule has 2 unspecified atom stereocenters. The van der Waals surface area contributed by atoms with E-state index in [1.54, 1.807) is 0 Å². The van der Waals surface area contributed by atoms with Crippen molar-refractivity contribution >= 4 is 12.6 Å². The molecule has 0 aliphatic carbocycles. The average Bonchev–Trinajstić information content (AvgIpc) is 2.47. The van der Waals surface area contributed by atoms with Gasteiger partial charge < -0.3 is 4.90 Å². The van der Waals surface area contributed by atoms with Gasteiger partial charge in [0, 0.05) is 25.4 Å². The average molecular weight is 302 g/mol. The maximum Gasteiger partial charge on any atom is 0.00701 e. The molecule has 0 aromatic rings. The van der Waals surface area contributed by atoms with E-state index in [1.165, 1.54) is 64.5 Å². The van der Waals surface area contributed by atoms with Crippen molar-refractivity contribution in [2.45, 2.75) is 79.1 Å². The van der Waals surface area contributed by atoms with Crippen LogP contribution >= 0.6 is 12.6 Å². The van der Waals surface area contributed by atoms with E-state index in [0.717, 1.165) is 24.1 Å². The fraction of sp³-hybridized carbons (Fsp3) is 1.00. The topological polar surface area (TPSA) is 3.24 Å². The zero-order valence-electron chi connectivity index (χ0n) is 14.5. The SMILES string of the molecule is CCCCC(CC)CN(CCS)CC(CC)CCCC. The van der Waals surface area contributed by atoms with Crippen LogP contribution in [0.3, 0.4) is 0 Å². The summed E-state index contributed by atoms with van der Waals surface area (Å²) in [4.78, 5) is 2.70. The molecular weight excluding hydrogens is 262 g/mol. The Morgan fingerprint density at radius 1 is 0.800 bits per heavy atom. The number of nitrogens with zero attached hydrogens (tertiary/aromatic N) is 1. The molecule has 0 amide bonds. The maximum absolute atomic E-state index is 4.46. The Balaban J connectivity index is 4.29. The summed E-state index contributed by atoms with van der Waals surface area (Å²) in [6, 6.07) is 0. The lowest BCUT2D eigenvalue weighted by atomic mass is 9.96. The lowest BCUT2D eigenvalue weighted by Crippen LogP contribution is -2.35. The normalized spacial score (nSPS) is 14.7. The third-order valence-electron chi connectivity index (χ3n) is 4.54. The van der Waals surface area contributed by atoms with Crippen molar-refractivity contribution in [2.24, 2.45) is 11.8 Å². The summed E-state index contributed by atoms with van der Waals surface area (Å²) in [6.45, 7) is 13.1. The van der Waals surface area contributed by atoms with Gasteiger partial charge in [-0.05, 0) is 24.7 Å². The van der Waals surface area contributed by atoms with Crippen LogP contribution in [-0.2, 0) is 0 Å². The number of thiol groups is 1. The van der Waals surface area contributed by atoms with Crippen LogP contribution in [0.25, 0.3) is 0 Å². The van der Waals surface area contributed by atoms with Crippen LogP contribution < -0.4 is 0 Å². The van der Waals surface area contributed by atoms with Gasteiger partial charge in [-0.1, -0.05) is 66.2 Å². The minimum absolute atomic E-state index is 0.888. The van der Waals surface area contributed by atoms with Gasteiger partial charge in [0.25, 0.3) is 0 Å². The first-order valence-electron chi connectivity index (χ1n) is 9.04. The van der Waals surface area contributed by atoms with Gasteiger partial charge in [-0.25, -0.2) is 0 Å². The molecule has 0 saturated carbocycles. The highest BCUT2D eigenvalue weighted by Crippen LogP contribution is 2.18. The van der Waals surface area contributed by atoms with Gasteiger partial charge in [-0.15, -0.1) is 0 Å². The van der Waals surface area contributed by atoms with Gasteiger partial charge >= 0.3 is 0 Å². The second-order valence-electron chi connectivity index (χ2n) is 6.32. The quantitative estimate of drug-likeness (QED) is 0.406. The van der Waals surface area contributed by atoms with E-state index in [0.29, 0.717) is 0 Å². The van der Waals surface area contributed by atoms with Crippen molar-refractivity contribution in [2.75, 3.05) is 25.4 Å². The second-order valence-corrected chi connectivity index (χ2v) is 6.76. The summed E-state index contributed by atoms with van der Waals surface area (Å²) in [5.74, 6) is 2.77. The minimum atomic E-state index is 0.888. The molecule has 0 aromatic heterocycles. The standard InChI is InChI=1S/C18H39NS/c1-5-9-11-17(7-3)15-19(13-14-20)16-18(8-4)12-10-6-2/h17-18,20H,5-16H2,1-4H3. The van der Waals surface area contributed by atoms with Crippen molar-refractivity contribution in [3.05, 3.63) is 0 Å². The highest BCUT2D eigenvalue weighted by molar-refractivity contribution is 7.80. The molecule has 0 saturated heterocycles. The highest BCUT2D eigenvalue weighted by atomic mass is 32.1. The lowest BCUT2D eigenvalue weighted by Gasteiger charge is -2.30. The number of unbranched alkanes of at least 4 members (excludes halogenated alkanes) is 2. The first-order chi connectivity index (χ1) is 9.71. The molecule has 2 atom stereocenters. The summed E-state index contributed by atoms with van der Waals surface area (Å²) in [5, 5.41) is 0. The van der Waals surface area contributed by atoms with E-state index in [9.17, 15) is 0 Å². The third-order valence-corrected chi connectivity index (χ3v) is 4.74. The Morgan fingerprint density at radius 3 is 1.55 bits per heavy atom. The maximum atomic E-state index is 4.46. The number of hydrogen-bond donors (Lipinski definition) is 1. The summed E-state index contributed by atoms with van der Waals surface area (Å²) in [5.41, 5.74) is 0. The summed E-state index contributed by atoms with van der Waals surface area (Å²) < 4.78 is 0. The molecule has 122 valence electrons. The van der Waals surface area contributed by atoms with Crippen molar-refractivity contribution < 1.29 is 0 Å². The van der Waals surface area contributed by atoms with E-state index < -0.39 is 0 Å². The summed E-state index contributed by atoms with van der Waals surface area (Å²) in [6.07, 6.45) is 10.9. The fourth-order valence-electron chi connectivity index (χ4n) is 2.96. The third kappa shape index (κ3) is 10.1. The first kappa shape index (κ1) is 20.3. The highest BCUT2D eigenvalue weighted by Gasteiger charge is 2.16. The first-order valence-corrected chi connectivity index (χ1v) is 9.68. The van der Waals surface area contributed by atoms with Crippen LogP contribution in [0.2, 0.25) is 0 Å². The monoisotopic (exact) mass is 301 g/mol. The van der Waals surface area contributed by atoms with E-state index in [1.807, 2.05) is 0 Å². The Kier molecular flexibility index (Phi) is 14.5. The van der Waals surface area contributed by atoms with Gasteiger partial charge in [0.05, 0.1) is 0 Å². The second kappa shape index (κ2) is 14.3. The van der Waals surface area contributed by atoms with E-state index in [-0.39, 0.29) is 0 Å². The molecule has 20 heavy (non-hydrogen) atoms. The van der Waals surface area contributed by atoms with Gasteiger partial charge in [0.2, 0.25) is 0 Å². The van der Waals surface area contributed by atoms with Crippen LogP contribution in [0.5, 0.6) is 0 Å². The molecule has 2 heteroatoms. The molecule has 0 heterocycles. The van der Waals surface area contributed by atoms with E-state index in [2.05, 4.69) is 45.2 Å².